The summed E-state index contributed by atoms with van der Waals surface area (Å²) in [5.41, 5.74) is 4.34. The summed E-state index contributed by atoms with van der Waals surface area (Å²) in [6.07, 6.45) is 52.0. The lowest BCUT2D eigenvalue weighted by Gasteiger charge is -2.14. The molecule has 1 rings (SSSR count). The third-order valence-electron chi connectivity index (χ3n) is 10.2. The Kier molecular flexibility index (Phi) is 32.2. The van der Waals surface area contributed by atoms with E-state index < -0.39 is 0 Å². The number of rotatable bonds is 36. The summed E-state index contributed by atoms with van der Waals surface area (Å²) in [6.45, 7) is 6.93. The van der Waals surface area contributed by atoms with Gasteiger partial charge in [0.15, 0.2) is 0 Å². The zero-order chi connectivity index (χ0) is 32.3. The summed E-state index contributed by atoms with van der Waals surface area (Å²) in [6, 6.07) is 0. The van der Waals surface area contributed by atoms with Crippen molar-refractivity contribution in [3.05, 3.63) is 23.3 Å². The van der Waals surface area contributed by atoms with Gasteiger partial charge in [-0.3, -0.25) is 0 Å². The maximum atomic E-state index is 4.89. The van der Waals surface area contributed by atoms with Gasteiger partial charge >= 0.3 is 0 Å². The van der Waals surface area contributed by atoms with Crippen LogP contribution in [0.15, 0.2) is 6.33 Å². The molecule has 0 unspecified atom stereocenters. The minimum absolute atomic E-state index is 1.16. The summed E-state index contributed by atoms with van der Waals surface area (Å²) in [4.78, 5) is 9.77. The lowest BCUT2D eigenvalue weighted by Crippen LogP contribution is -2.07. The predicted octanol–water partition coefficient (Wildman–Crippen LogP) is 15.0. The molecule has 0 aliphatic carbocycles. The highest BCUT2D eigenvalue weighted by molar-refractivity contribution is 5.25. The van der Waals surface area contributed by atoms with E-state index >= 15 is 0 Å². The molecule has 0 atom stereocenters. The summed E-state index contributed by atoms with van der Waals surface area (Å²) in [5.74, 6) is 0. The van der Waals surface area contributed by atoms with Gasteiger partial charge in [0.25, 0.3) is 0 Å². The summed E-state index contributed by atoms with van der Waals surface area (Å²) in [5, 5.41) is 0. The molecule has 0 fully saturated rings. The van der Waals surface area contributed by atoms with Crippen LogP contribution in [0.2, 0.25) is 0 Å². The average Bonchev–Trinajstić information content (AvgIpc) is 3.05. The second-order valence-corrected chi connectivity index (χ2v) is 14.6. The van der Waals surface area contributed by atoms with E-state index in [4.69, 9.17) is 9.97 Å². The molecule has 2 nitrogen and oxygen atoms in total. The van der Waals surface area contributed by atoms with Gasteiger partial charge in [-0.25, -0.2) is 9.97 Å². The fourth-order valence-corrected chi connectivity index (χ4v) is 7.09. The molecule has 0 radical (unpaired) electrons. The van der Waals surface area contributed by atoms with Gasteiger partial charge in [0.2, 0.25) is 0 Å². The number of aromatic nitrogens is 2. The smallest absolute Gasteiger partial charge is 0.115 e. The zero-order valence-electron chi connectivity index (χ0n) is 31.4. The van der Waals surface area contributed by atoms with Crippen molar-refractivity contribution in [2.45, 2.75) is 252 Å². The van der Waals surface area contributed by atoms with Crippen molar-refractivity contribution in [3.63, 3.8) is 0 Å². The van der Waals surface area contributed by atoms with Crippen molar-refractivity contribution in [1.82, 2.24) is 9.97 Å². The lowest BCUT2D eigenvalue weighted by molar-refractivity contribution is 0.543. The van der Waals surface area contributed by atoms with E-state index in [1.807, 2.05) is 6.33 Å². The van der Waals surface area contributed by atoms with E-state index in [0.29, 0.717) is 0 Å². The van der Waals surface area contributed by atoms with Crippen LogP contribution >= 0.6 is 0 Å². The largest absolute Gasteiger partial charge is 0.241 e. The molecule has 0 aliphatic rings. The topological polar surface area (TPSA) is 25.8 Å². The van der Waals surface area contributed by atoms with Crippen LogP contribution in [0.1, 0.15) is 250 Å². The molecule has 0 spiro atoms. The highest BCUT2D eigenvalue weighted by Gasteiger charge is 2.11. The monoisotopic (exact) mass is 627 g/mol. The Morgan fingerprint density at radius 3 is 0.778 bits per heavy atom. The normalized spacial score (nSPS) is 11.5. The standard InChI is InChI=1S/C43H82N2/c1-4-7-10-13-16-19-22-25-28-31-34-37-41-42(38-35-32-29-26-23-20-17-14-11-8-5-2)44-40-45-43(41)39-36-33-30-27-24-21-18-15-12-9-6-3/h40H,4-39H2,1-3H3. The first-order valence-corrected chi connectivity index (χ1v) is 21.1. The molecular formula is C43H82N2. The highest BCUT2D eigenvalue weighted by Crippen LogP contribution is 2.21. The van der Waals surface area contributed by atoms with Crippen LogP contribution in [0, 0.1) is 0 Å². The van der Waals surface area contributed by atoms with E-state index in [0.717, 1.165) is 12.8 Å². The van der Waals surface area contributed by atoms with Crippen LogP contribution in [-0.4, -0.2) is 9.97 Å². The minimum atomic E-state index is 1.16. The Bertz CT molecular complexity index is 670. The third kappa shape index (κ3) is 26.8. The van der Waals surface area contributed by atoms with Gasteiger partial charge in [0, 0.05) is 11.4 Å². The van der Waals surface area contributed by atoms with Gasteiger partial charge in [0.05, 0.1) is 0 Å². The van der Waals surface area contributed by atoms with Gasteiger partial charge in [-0.1, -0.05) is 213 Å². The van der Waals surface area contributed by atoms with Crippen molar-refractivity contribution in [2.24, 2.45) is 0 Å². The Hall–Kier alpha value is -0.920. The van der Waals surface area contributed by atoms with Gasteiger partial charge < -0.3 is 0 Å². The summed E-state index contributed by atoms with van der Waals surface area (Å²) in [7, 11) is 0. The molecule has 264 valence electrons. The molecule has 0 saturated carbocycles. The van der Waals surface area contributed by atoms with Crippen molar-refractivity contribution in [1.29, 1.82) is 0 Å². The number of hydrogen-bond acceptors (Lipinski definition) is 2. The summed E-state index contributed by atoms with van der Waals surface area (Å²) >= 11 is 0. The first-order valence-electron chi connectivity index (χ1n) is 21.1. The third-order valence-corrected chi connectivity index (χ3v) is 10.2. The van der Waals surface area contributed by atoms with E-state index in [-0.39, 0.29) is 0 Å². The fraction of sp³-hybridized carbons (Fsp3) is 0.907. The molecule has 0 N–H and O–H groups in total. The van der Waals surface area contributed by atoms with E-state index in [1.54, 1.807) is 5.56 Å². The Morgan fingerprint density at radius 2 is 0.511 bits per heavy atom. The molecule has 0 amide bonds. The molecule has 0 saturated heterocycles. The van der Waals surface area contributed by atoms with Crippen LogP contribution in [0.4, 0.5) is 0 Å². The average molecular weight is 627 g/mol. The van der Waals surface area contributed by atoms with Gasteiger partial charge in [-0.2, -0.15) is 0 Å². The molecular weight excluding hydrogens is 544 g/mol. The van der Waals surface area contributed by atoms with Crippen LogP contribution in [0.5, 0.6) is 0 Å². The van der Waals surface area contributed by atoms with Gasteiger partial charge in [0.1, 0.15) is 6.33 Å². The molecule has 2 heteroatoms. The number of hydrogen-bond donors (Lipinski definition) is 0. The molecule has 1 aromatic rings. The Balaban J connectivity index is 2.39. The second kappa shape index (κ2) is 34.4. The van der Waals surface area contributed by atoms with Crippen molar-refractivity contribution < 1.29 is 0 Å². The Morgan fingerprint density at radius 1 is 0.289 bits per heavy atom. The number of unbranched alkanes of at least 4 members (excludes halogenated alkanes) is 30. The molecule has 0 bridgehead atoms. The van der Waals surface area contributed by atoms with E-state index in [9.17, 15) is 0 Å². The van der Waals surface area contributed by atoms with E-state index in [1.165, 1.54) is 230 Å². The first kappa shape index (κ1) is 42.1. The van der Waals surface area contributed by atoms with Gasteiger partial charge in [-0.05, 0) is 44.1 Å². The summed E-state index contributed by atoms with van der Waals surface area (Å²) < 4.78 is 0. The van der Waals surface area contributed by atoms with Gasteiger partial charge in [-0.15, -0.1) is 0 Å². The SMILES string of the molecule is CCCCCCCCCCCCCc1ncnc(CCCCCCCCCCCCC)c1CCCCCCCCCCCCC. The second-order valence-electron chi connectivity index (χ2n) is 14.6. The van der Waals surface area contributed by atoms with Crippen molar-refractivity contribution >= 4 is 0 Å². The van der Waals surface area contributed by atoms with Crippen LogP contribution in [-0.2, 0) is 19.3 Å². The lowest BCUT2D eigenvalue weighted by atomic mass is 9.96. The van der Waals surface area contributed by atoms with Crippen molar-refractivity contribution in [2.75, 3.05) is 0 Å². The minimum Gasteiger partial charge on any atom is -0.241 e. The van der Waals surface area contributed by atoms with Crippen LogP contribution in [0.3, 0.4) is 0 Å². The first-order chi connectivity index (χ1) is 22.3. The number of nitrogens with zero attached hydrogens (tertiary/aromatic N) is 2. The van der Waals surface area contributed by atoms with Crippen LogP contribution in [0.25, 0.3) is 0 Å². The molecule has 0 aliphatic heterocycles. The quantitative estimate of drug-likeness (QED) is 0.0692. The highest BCUT2D eigenvalue weighted by atomic mass is 14.8. The predicted molar refractivity (Wildman–Crippen MR) is 203 cm³/mol. The Labute approximate surface area is 284 Å². The van der Waals surface area contributed by atoms with Crippen molar-refractivity contribution in [3.8, 4) is 0 Å². The van der Waals surface area contributed by atoms with E-state index in [2.05, 4.69) is 20.8 Å². The van der Waals surface area contributed by atoms with Crippen LogP contribution < -0.4 is 0 Å². The molecule has 45 heavy (non-hydrogen) atoms. The molecule has 1 heterocycles. The zero-order valence-corrected chi connectivity index (χ0v) is 31.4. The maximum absolute atomic E-state index is 4.89. The molecule has 0 aromatic carbocycles. The maximum Gasteiger partial charge on any atom is 0.115 e. The molecule has 1 aromatic heterocycles. The number of aryl methyl sites for hydroxylation is 2. The fourth-order valence-electron chi connectivity index (χ4n) is 7.09.